The zero-order valence-corrected chi connectivity index (χ0v) is 13.2. The molecule has 3 rings (SSSR count). The van der Waals surface area contributed by atoms with Gasteiger partial charge in [-0.2, -0.15) is 0 Å². The Labute approximate surface area is 139 Å². The first-order valence-electron chi connectivity index (χ1n) is 7.54. The Morgan fingerprint density at radius 3 is 2.75 bits per heavy atom. The van der Waals surface area contributed by atoms with Crippen LogP contribution >= 0.6 is 0 Å². The van der Waals surface area contributed by atoms with Crippen molar-refractivity contribution in [2.24, 2.45) is 0 Å². The largest absolute Gasteiger partial charge is 0.326 e. The quantitative estimate of drug-likeness (QED) is 0.796. The van der Waals surface area contributed by atoms with Gasteiger partial charge in [0.05, 0.1) is 12.1 Å². The number of nitrogens with one attached hydrogen (secondary N) is 1. The molecule has 0 atom stereocenters. The Morgan fingerprint density at radius 1 is 1.12 bits per heavy atom. The number of aryl methyl sites for hydroxylation is 1. The van der Waals surface area contributed by atoms with Gasteiger partial charge in [-0.25, -0.2) is 14.4 Å². The standard InChI is InChI=1S/C19H16FN3O/c1-13-21-9-8-18(22-13)15-5-3-7-17(12-15)23-19(24)11-14-4-2-6-16(20)10-14/h2-10,12H,11H2,1H3,(H,23,24). The van der Waals surface area contributed by atoms with Gasteiger partial charge in [-0.15, -0.1) is 0 Å². The third-order valence-corrected chi connectivity index (χ3v) is 3.47. The summed E-state index contributed by atoms with van der Waals surface area (Å²) in [7, 11) is 0. The van der Waals surface area contributed by atoms with E-state index in [2.05, 4.69) is 15.3 Å². The maximum absolute atomic E-state index is 13.2. The van der Waals surface area contributed by atoms with E-state index in [1.807, 2.05) is 31.2 Å². The summed E-state index contributed by atoms with van der Waals surface area (Å²) in [5, 5.41) is 2.83. The van der Waals surface area contributed by atoms with Crippen LogP contribution in [0.5, 0.6) is 0 Å². The van der Waals surface area contributed by atoms with E-state index in [9.17, 15) is 9.18 Å². The monoisotopic (exact) mass is 321 g/mol. The molecule has 0 aliphatic carbocycles. The molecule has 0 aliphatic rings. The van der Waals surface area contributed by atoms with Gasteiger partial charge in [0.1, 0.15) is 11.6 Å². The molecule has 24 heavy (non-hydrogen) atoms. The van der Waals surface area contributed by atoms with Crippen molar-refractivity contribution < 1.29 is 9.18 Å². The maximum atomic E-state index is 13.2. The average Bonchev–Trinajstić information content (AvgIpc) is 2.55. The second-order valence-corrected chi connectivity index (χ2v) is 5.42. The van der Waals surface area contributed by atoms with Gasteiger partial charge in [-0.1, -0.05) is 24.3 Å². The lowest BCUT2D eigenvalue weighted by Gasteiger charge is -2.08. The molecule has 120 valence electrons. The lowest BCUT2D eigenvalue weighted by molar-refractivity contribution is -0.115. The number of hydrogen-bond acceptors (Lipinski definition) is 3. The van der Waals surface area contributed by atoms with Crippen molar-refractivity contribution >= 4 is 11.6 Å². The van der Waals surface area contributed by atoms with Crippen LogP contribution in [-0.2, 0) is 11.2 Å². The van der Waals surface area contributed by atoms with Crippen molar-refractivity contribution in [3.63, 3.8) is 0 Å². The molecular formula is C19H16FN3O. The van der Waals surface area contributed by atoms with Crippen molar-refractivity contribution in [2.75, 3.05) is 5.32 Å². The number of hydrogen-bond donors (Lipinski definition) is 1. The summed E-state index contributed by atoms with van der Waals surface area (Å²) in [4.78, 5) is 20.6. The Hall–Kier alpha value is -3.08. The van der Waals surface area contributed by atoms with Gasteiger partial charge in [-0.3, -0.25) is 4.79 Å². The van der Waals surface area contributed by atoms with Crippen LogP contribution in [0.2, 0.25) is 0 Å². The SMILES string of the molecule is Cc1nccc(-c2cccc(NC(=O)Cc3cccc(F)c3)c2)n1. The number of carbonyl (C=O) groups is 1. The highest BCUT2D eigenvalue weighted by Gasteiger charge is 2.07. The molecule has 1 aromatic heterocycles. The summed E-state index contributed by atoms with van der Waals surface area (Å²) < 4.78 is 13.2. The van der Waals surface area contributed by atoms with E-state index in [0.29, 0.717) is 17.1 Å². The van der Waals surface area contributed by atoms with Crippen LogP contribution in [-0.4, -0.2) is 15.9 Å². The second-order valence-electron chi connectivity index (χ2n) is 5.42. The van der Waals surface area contributed by atoms with E-state index in [4.69, 9.17) is 0 Å². The number of halogens is 1. The van der Waals surface area contributed by atoms with Crippen LogP contribution < -0.4 is 5.32 Å². The molecule has 0 saturated heterocycles. The predicted molar refractivity (Wildman–Crippen MR) is 90.9 cm³/mol. The molecule has 4 nitrogen and oxygen atoms in total. The predicted octanol–water partition coefficient (Wildman–Crippen LogP) is 3.77. The zero-order chi connectivity index (χ0) is 16.9. The fraction of sp³-hybridized carbons (Fsp3) is 0.105. The molecule has 3 aromatic rings. The summed E-state index contributed by atoms with van der Waals surface area (Å²) in [6.45, 7) is 1.83. The van der Waals surface area contributed by atoms with Crippen molar-refractivity contribution in [2.45, 2.75) is 13.3 Å². The Balaban J connectivity index is 1.73. The van der Waals surface area contributed by atoms with Gasteiger partial charge in [0, 0.05) is 17.4 Å². The number of benzene rings is 2. The number of rotatable bonds is 4. The first kappa shape index (κ1) is 15.8. The third-order valence-electron chi connectivity index (χ3n) is 3.47. The number of nitrogens with zero attached hydrogens (tertiary/aromatic N) is 2. The Morgan fingerprint density at radius 2 is 1.96 bits per heavy atom. The third kappa shape index (κ3) is 4.01. The summed E-state index contributed by atoms with van der Waals surface area (Å²) in [6, 6.07) is 15.3. The number of anilines is 1. The van der Waals surface area contributed by atoms with Crippen molar-refractivity contribution in [1.82, 2.24) is 9.97 Å². The van der Waals surface area contributed by atoms with Crippen LogP contribution in [0.3, 0.4) is 0 Å². The maximum Gasteiger partial charge on any atom is 0.228 e. The molecule has 1 heterocycles. The van der Waals surface area contributed by atoms with E-state index >= 15 is 0 Å². The highest BCUT2D eigenvalue weighted by Crippen LogP contribution is 2.20. The van der Waals surface area contributed by atoms with Gasteiger partial charge < -0.3 is 5.32 Å². The number of amides is 1. The number of aromatic nitrogens is 2. The molecule has 0 bridgehead atoms. The normalized spacial score (nSPS) is 10.4. The molecule has 0 unspecified atom stereocenters. The van der Waals surface area contributed by atoms with Gasteiger partial charge >= 0.3 is 0 Å². The number of carbonyl (C=O) groups excluding carboxylic acids is 1. The minimum absolute atomic E-state index is 0.120. The van der Waals surface area contributed by atoms with Crippen LogP contribution in [0.1, 0.15) is 11.4 Å². The van der Waals surface area contributed by atoms with E-state index in [1.165, 1.54) is 12.1 Å². The molecule has 0 spiro atoms. The second kappa shape index (κ2) is 7.00. The lowest BCUT2D eigenvalue weighted by Crippen LogP contribution is -2.14. The molecule has 0 aliphatic heterocycles. The van der Waals surface area contributed by atoms with Gasteiger partial charge in [0.2, 0.25) is 5.91 Å². The summed E-state index contributed by atoms with van der Waals surface area (Å²) in [6.07, 6.45) is 1.82. The Kier molecular flexibility index (Phi) is 4.61. The highest BCUT2D eigenvalue weighted by atomic mass is 19.1. The van der Waals surface area contributed by atoms with Gasteiger partial charge in [0.15, 0.2) is 0 Å². The summed E-state index contributed by atoms with van der Waals surface area (Å²) in [5.41, 5.74) is 2.99. The highest BCUT2D eigenvalue weighted by molar-refractivity contribution is 5.92. The molecule has 2 aromatic carbocycles. The molecule has 1 N–H and O–H groups in total. The first-order valence-corrected chi connectivity index (χ1v) is 7.54. The van der Waals surface area contributed by atoms with Crippen LogP contribution in [0.4, 0.5) is 10.1 Å². The van der Waals surface area contributed by atoms with Crippen molar-refractivity contribution in [3.05, 3.63) is 78.0 Å². The molecular weight excluding hydrogens is 305 g/mol. The van der Waals surface area contributed by atoms with Crippen molar-refractivity contribution in [1.29, 1.82) is 0 Å². The van der Waals surface area contributed by atoms with Crippen LogP contribution in [0, 0.1) is 12.7 Å². The molecule has 0 radical (unpaired) electrons. The van der Waals surface area contributed by atoms with E-state index in [1.54, 1.807) is 24.4 Å². The molecule has 1 amide bonds. The summed E-state index contributed by atoms with van der Waals surface area (Å²) >= 11 is 0. The fourth-order valence-electron chi connectivity index (χ4n) is 2.41. The minimum Gasteiger partial charge on any atom is -0.326 e. The lowest BCUT2D eigenvalue weighted by atomic mass is 10.1. The van der Waals surface area contributed by atoms with E-state index in [-0.39, 0.29) is 18.1 Å². The summed E-state index contributed by atoms with van der Waals surface area (Å²) in [5.74, 6) is 0.145. The fourth-order valence-corrected chi connectivity index (χ4v) is 2.41. The van der Waals surface area contributed by atoms with Crippen LogP contribution in [0.15, 0.2) is 60.8 Å². The van der Waals surface area contributed by atoms with Crippen molar-refractivity contribution in [3.8, 4) is 11.3 Å². The van der Waals surface area contributed by atoms with E-state index in [0.717, 1.165) is 11.3 Å². The topological polar surface area (TPSA) is 54.9 Å². The van der Waals surface area contributed by atoms with Gasteiger partial charge in [0.25, 0.3) is 0 Å². The first-order chi connectivity index (χ1) is 11.6. The average molecular weight is 321 g/mol. The minimum atomic E-state index is -0.346. The zero-order valence-electron chi connectivity index (χ0n) is 13.2. The molecule has 0 saturated carbocycles. The van der Waals surface area contributed by atoms with Crippen LogP contribution in [0.25, 0.3) is 11.3 Å². The molecule has 0 fully saturated rings. The Bertz CT molecular complexity index is 880. The van der Waals surface area contributed by atoms with E-state index < -0.39 is 0 Å². The molecule has 5 heteroatoms. The smallest absolute Gasteiger partial charge is 0.228 e. The van der Waals surface area contributed by atoms with Gasteiger partial charge in [-0.05, 0) is 42.8 Å².